The summed E-state index contributed by atoms with van der Waals surface area (Å²) in [5.74, 6) is 0.507. The van der Waals surface area contributed by atoms with E-state index in [0.29, 0.717) is 74.1 Å². The molecule has 0 amide bonds. The summed E-state index contributed by atoms with van der Waals surface area (Å²) < 4.78 is 33.9. The van der Waals surface area contributed by atoms with Crippen molar-refractivity contribution in [3.8, 4) is 57.1 Å². The number of ether oxygens (including phenoxy) is 2. The number of ketones is 4. The Morgan fingerprint density at radius 3 is 1.02 bits per heavy atom. The van der Waals surface area contributed by atoms with E-state index in [9.17, 15) is 27.6 Å². The standard InChI is InChI=1S/C23H26N6O3S.2C23H26N6O2.C23H26N6OS/c1-33(31,32)17-4-6-19(27-13-17)20-7-5-18(25)23(28-20)22(30)11-15-12-26-9-8-21(15)29-10-2-3-16(24)14-29;1-31-21-5-2-9-27-23(21)18-7-6-17(25)22(28-18)20(30)12-15-13-26-10-8-19(15)29-11-3-4-16(24)14-29;2*1-31-17-4-6-19(27-13-17)20-7-5-18(25)23(28-20)22(30)11-15-12-26-9-8-21(15)29-10-2-3-16(24)14-29/h4-9,12-13,16H,2-3,10-11,14,24-25H2,1H3;2,5-10,13,16H,3-4,11-12,14,24-25H2,1H3;2*4-9,12-13,16H,2-3,10-11,14,24-25H2,1H3/t4*16-/m0000/s1. The number of sulfone groups is 1. The first kappa shape index (κ1) is 90.3. The van der Waals surface area contributed by atoms with Crippen LogP contribution in [0, 0.1) is 0 Å². The molecule has 34 heteroatoms. The Balaban J connectivity index is 0.000000144. The number of hydrogen-bond donors (Lipinski definition) is 8. The quantitative estimate of drug-likeness (QED) is 0.0206. The van der Waals surface area contributed by atoms with Crippen LogP contribution in [-0.2, 0) is 35.5 Å². The van der Waals surface area contributed by atoms with Gasteiger partial charge in [-0.05, 0) is 179 Å². The zero-order valence-corrected chi connectivity index (χ0v) is 72.4. The number of piperidine rings is 4. The van der Waals surface area contributed by atoms with Gasteiger partial charge in [0.05, 0.1) is 87.9 Å². The summed E-state index contributed by atoms with van der Waals surface area (Å²) in [6.45, 7) is 6.67. The van der Waals surface area contributed by atoms with Crippen LogP contribution >= 0.6 is 11.8 Å². The Labute approximate surface area is 736 Å². The zero-order valence-electron chi connectivity index (χ0n) is 70.8. The molecular weight excluding hydrogens is 1630 g/mol. The lowest BCUT2D eigenvalue weighted by molar-refractivity contribution is 0.0981. The molecule has 0 aromatic carbocycles. The van der Waals surface area contributed by atoms with E-state index in [-0.39, 0.29) is 106 Å². The molecule has 0 spiro atoms. The smallest absolute Gasteiger partial charge is 0.187 e. The van der Waals surface area contributed by atoms with E-state index in [1.54, 1.807) is 173 Å². The van der Waals surface area contributed by atoms with Crippen molar-refractivity contribution in [1.82, 2.24) is 59.8 Å². The van der Waals surface area contributed by atoms with Gasteiger partial charge in [0.25, 0.3) is 0 Å². The van der Waals surface area contributed by atoms with Gasteiger partial charge in [-0.2, -0.15) is 0 Å². The van der Waals surface area contributed by atoms with Crippen LogP contribution in [0.15, 0.2) is 205 Å². The van der Waals surface area contributed by atoms with Crippen LogP contribution in [0.5, 0.6) is 11.5 Å². The molecule has 0 aliphatic carbocycles. The Morgan fingerprint density at radius 2 is 0.722 bits per heavy atom. The molecule has 126 heavy (non-hydrogen) atoms. The highest BCUT2D eigenvalue weighted by atomic mass is 32.2. The first-order valence-electron chi connectivity index (χ1n) is 41.5. The molecular formula is C92H104N24O8S2. The van der Waals surface area contributed by atoms with Crippen LogP contribution in [0.3, 0.4) is 0 Å². The second kappa shape index (κ2) is 42.3. The van der Waals surface area contributed by atoms with E-state index in [0.717, 1.165) is 160 Å². The zero-order chi connectivity index (χ0) is 89.0. The summed E-state index contributed by atoms with van der Waals surface area (Å²) in [4.78, 5) is 115. The maximum atomic E-state index is 13.2. The molecule has 12 aromatic heterocycles. The summed E-state index contributed by atoms with van der Waals surface area (Å²) in [6.07, 6.45) is 32.0. The fourth-order valence-electron chi connectivity index (χ4n) is 15.5. The summed E-state index contributed by atoms with van der Waals surface area (Å²) >= 11 is 1.62. The summed E-state index contributed by atoms with van der Waals surface area (Å²) in [5, 5.41) is 0. The predicted octanol–water partition coefficient (Wildman–Crippen LogP) is 10.0. The number of carbonyl (C=O) groups is 4. The molecule has 4 aliphatic heterocycles. The largest absolute Gasteiger partial charge is 0.495 e. The lowest BCUT2D eigenvalue weighted by Gasteiger charge is -2.33. The molecule has 4 aliphatic rings. The van der Waals surface area contributed by atoms with Gasteiger partial charge < -0.3 is 74.9 Å². The van der Waals surface area contributed by atoms with E-state index >= 15 is 0 Å². The van der Waals surface area contributed by atoms with Gasteiger partial charge in [0.15, 0.2) is 33.0 Å². The molecule has 652 valence electrons. The van der Waals surface area contributed by atoms with Crippen LogP contribution < -0.4 is 74.9 Å². The number of hydrogen-bond acceptors (Lipinski definition) is 33. The molecule has 4 atom stereocenters. The van der Waals surface area contributed by atoms with Crippen molar-refractivity contribution in [3.63, 3.8) is 0 Å². The summed E-state index contributed by atoms with van der Waals surface area (Å²) in [5.41, 5.74) is 62.9. The van der Waals surface area contributed by atoms with Gasteiger partial charge in [0.1, 0.15) is 40.0 Å². The maximum absolute atomic E-state index is 13.2. The van der Waals surface area contributed by atoms with Gasteiger partial charge in [0, 0.05) is 227 Å². The Bertz CT molecular complexity index is 5770. The normalized spacial score (nSPS) is 16.3. The maximum Gasteiger partial charge on any atom is 0.187 e. The second-order valence-corrected chi connectivity index (χ2v) is 34.1. The minimum absolute atomic E-state index is 0.0933. The number of rotatable bonds is 24. The van der Waals surface area contributed by atoms with Crippen molar-refractivity contribution in [2.75, 3.05) is 122 Å². The number of Topliss-reactive ketones (excluding diaryl/α,β-unsaturated/α-hetero) is 4. The van der Waals surface area contributed by atoms with Crippen LogP contribution in [0.1, 0.15) is 116 Å². The first-order chi connectivity index (χ1) is 60.9. The van der Waals surface area contributed by atoms with Gasteiger partial charge in [-0.15, -0.1) is 11.8 Å². The highest BCUT2D eigenvalue weighted by molar-refractivity contribution is 7.98. The molecule has 16 rings (SSSR count). The molecule has 0 unspecified atom stereocenters. The number of thioether (sulfide) groups is 1. The van der Waals surface area contributed by atoms with Crippen molar-refractivity contribution in [2.45, 2.75) is 111 Å². The van der Waals surface area contributed by atoms with Crippen molar-refractivity contribution in [3.05, 3.63) is 241 Å². The average Bonchev–Trinajstić information content (AvgIpc) is 0.823. The molecule has 4 saturated heterocycles. The number of anilines is 8. The lowest BCUT2D eigenvalue weighted by atomic mass is 10.0. The molecule has 32 nitrogen and oxygen atoms in total. The minimum Gasteiger partial charge on any atom is -0.495 e. The molecule has 16 N–H and O–H groups in total. The summed E-state index contributed by atoms with van der Waals surface area (Å²) in [6, 6.07) is 35.9. The molecule has 12 aromatic rings. The molecule has 0 radical (unpaired) electrons. The molecule has 0 saturated carbocycles. The van der Waals surface area contributed by atoms with E-state index in [1.807, 2.05) is 42.7 Å². The molecule has 4 fully saturated rings. The van der Waals surface area contributed by atoms with Crippen molar-refractivity contribution in [1.29, 1.82) is 0 Å². The van der Waals surface area contributed by atoms with Crippen LogP contribution in [0.2, 0.25) is 0 Å². The van der Waals surface area contributed by atoms with Gasteiger partial charge in [-0.1, -0.05) is 0 Å². The highest BCUT2D eigenvalue weighted by Gasteiger charge is 2.29. The SMILES string of the molecule is COc1ccc(-c2ccc(N)c(C(=O)Cc3cnccc3N3CCC[C@H](N)C3)n2)nc1.COc1cccnc1-c1ccc(N)c(C(=O)Cc2cnccc2N2CCC[C@H](N)C2)n1.CS(=O)(=O)c1ccc(-c2ccc(N)c(C(=O)Cc3cnccc3N3CCC[C@H](N)C3)n2)nc1.CSc1ccc(-c2ccc(N)c(C(=O)Cc3cnccc3N3CCC[C@H](N)C3)n2)nc1. The number of carbonyl (C=O) groups excluding carboxylic acids is 4. The molecule has 0 bridgehead atoms. The topological polar surface area (TPSA) is 497 Å². The second-order valence-electron chi connectivity index (χ2n) is 31.2. The van der Waals surface area contributed by atoms with Crippen LogP contribution in [-0.4, -0.2) is 195 Å². The van der Waals surface area contributed by atoms with Crippen molar-refractivity contribution >= 4 is 90.2 Å². The third-order valence-corrected chi connectivity index (χ3v) is 23.8. The number of pyridine rings is 12. The van der Waals surface area contributed by atoms with Gasteiger partial charge in [-0.25, -0.2) is 28.4 Å². The van der Waals surface area contributed by atoms with E-state index in [2.05, 4.69) is 79.4 Å². The fraction of sp³-hybridized carbons (Fsp3) is 0.304. The lowest BCUT2D eigenvalue weighted by Crippen LogP contribution is -2.43. The van der Waals surface area contributed by atoms with E-state index in [4.69, 9.17) is 55.3 Å². The number of aromatic nitrogens is 12. The first-order valence-corrected chi connectivity index (χ1v) is 44.6. The third-order valence-electron chi connectivity index (χ3n) is 22.0. The minimum atomic E-state index is -3.36. The Hall–Kier alpha value is -13.4. The summed E-state index contributed by atoms with van der Waals surface area (Å²) in [7, 11) is -0.204. The number of nitrogen functional groups attached to an aromatic ring is 4. The Morgan fingerprint density at radius 1 is 0.389 bits per heavy atom. The van der Waals surface area contributed by atoms with Gasteiger partial charge in [-0.3, -0.25) is 59.0 Å². The third kappa shape index (κ3) is 23.2. The van der Waals surface area contributed by atoms with E-state index < -0.39 is 9.84 Å². The van der Waals surface area contributed by atoms with Gasteiger partial charge in [0.2, 0.25) is 0 Å². The fourth-order valence-corrected chi connectivity index (χ4v) is 16.5. The van der Waals surface area contributed by atoms with Crippen LogP contribution in [0.4, 0.5) is 45.5 Å². The number of nitrogens with two attached hydrogens (primary N) is 8. The van der Waals surface area contributed by atoms with Crippen molar-refractivity contribution in [2.24, 2.45) is 22.9 Å². The van der Waals surface area contributed by atoms with Crippen molar-refractivity contribution < 1.29 is 37.1 Å². The predicted molar refractivity (Wildman–Crippen MR) is 492 cm³/mol. The van der Waals surface area contributed by atoms with Gasteiger partial charge >= 0.3 is 0 Å². The Kier molecular flexibility index (Phi) is 30.4. The highest BCUT2D eigenvalue weighted by Crippen LogP contribution is 2.34. The van der Waals surface area contributed by atoms with E-state index in [1.165, 1.54) is 12.3 Å². The number of nitrogens with zero attached hydrogens (tertiary/aromatic N) is 16. The average molecular weight is 1740 g/mol. The van der Waals surface area contributed by atoms with Crippen LogP contribution in [0.25, 0.3) is 45.6 Å². The number of methoxy groups -OCH3 is 2. The molecule has 16 heterocycles. The monoisotopic (exact) mass is 1740 g/mol.